The van der Waals surface area contributed by atoms with Crippen molar-refractivity contribution in [2.24, 2.45) is 5.92 Å². The van der Waals surface area contributed by atoms with Crippen molar-refractivity contribution in [1.29, 1.82) is 0 Å². The van der Waals surface area contributed by atoms with Gasteiger partial charge in [-0.05, 0) is 18.9 Å². The summed E-state index contributed by atoms with van der Waals surface area (Å²) in [7, 11) is 0. The molecule has 1 atom stereocenters. The van der Waals surface area contributed by atoms with Crippen molar-refractivity contribution in [2.75, 3.05) is 13.1 Å². The molecule has 1 aromatic heterocycles. The zero-order valence-electron chi connectivity index (χ0n) is 13.2. The Morgan fingerprint density at radius 3 is 2.37 bits per heavy atom. The predicted molar refractivity (Wildman–Crippen MR) is 80.4 cm³/mol. The maximum atomic E-state index is 4.68. The lowest BCUT2D eigenvalue weighted by atomic mass is 10.1. The Morgan fingerprint density at radius 1 is 1.11 bits per heavy atom. The first-order valence-electron chi connectivity index (χ1n) is 7.77. The Bertz CT molecular complexity index is 357. The lowest BCUT2D eigenvalue weighted by Crippen LogP contribution is -2.29. The third-order valence-corrected chi connectivity index (χ3v) is 3.28. The first kappa shape index (κ1) is 16.2. The monoisotopic (exact) mass is 266 g/mol. The topological polar surface area (TPSA) is 42.7 Å². The van der Waals surface area contributed by atoms with Crippen LogP contribution in [0.25, 0.3) is 0 Å². The molecule has 1 rings (SSSR count). The third-order valence-electron chi connectivity index (χ3n) is 3.28. The fourth-order valence-electron chi connectivity index (χ4n) is 2.27. The highest BCUT2D eigenvalue weighted by molar-refractivity contribution is 4.95. The van der Waals surface area contributed by atoms with Crippen molar-refractivity contribution < 1.29 is 0 Å². The highest BCUT2D eigenvalue weighted by Gasteiger charge is 2.16. The molecule has 0 aromatic carbocycles. The van der Waals surface area contributed by atoms with Crippen molar-refractivity contribution in [1.82, 2.24) is 20.1 Å². The lowest BCUT2D eigenvalue weighted by Gasteiger charge is -2.19. The fourth-order valence-corrected chi connectivity index (χ4v) is 2.27. The van der Waals surface area contributed by atoms with Gasteiger partial charge < -0.3 is 5.32 Å². The molecule has 4 nitrogen and oxygen atoms in total. The fraction of sp³-hybridized carbons (Fsp3) is 0.867. The summed E-state index contributed by atoms with van der Waals surface area (Å²) in [5, 5.41) is 8.24. The Hall–Kier alpha value is -0.900. The number of rotatable bonds is 9. The van der Waals surface area contributed by atoms with Crippen LogP contribution in [0.3, 0.4) is 0 Å². The minimum absolute atomic E-state index is 0.437. The lowest BCUT2D eigenvalue weighted by molar-refractivity contribution is 0.374. The van der Waals surface area contributed by atoms with E-state index in [1.165, 1.54) is 6.42 Å². The Balaban J connectivity index is 2.76. The van der Waals surface area contributed by atoms with E-state index in [2.05, 4.69) is 54.7 Å². The standard InChI is InChI=1S/C15H30N4/c1-6-9-13(11-16-10-12(4)5)19-15(8-3)17-14(7-2)18-19/h12-13,16H,6-11H2,1-5H3. The number of nitrogens with zero attached hydrogens (tertiary/aromatic N) is 3. The molecule has 0 aliphatic rings. The van der Waals surface area contributed by atoms with Gasteiger partial charge in [-0.3, -0.25) is 0 Å². The summed E-state index contributed by atoms with van der Waals surface area (Å²) in [6.45, 7) is 13.0. The highest BCUT2D eigenvalue weighted by atomic mass is 15.4. The summed E-state index contributed by atoms with van der Waals surface area (Å²) in [4.78, 5) is 4.62. The predicted octanol–water partition coefficient (Wildman–Crippen LogP) is 2.99. The number of hydrogen-bond donors (Lipinski definition) is 1. The van der Waals surface area contributed by atoms with E-state index in [9.17, 15) is 0 Å². The number of nitrogens with one attached hydrogen (secondary N) is 1. The van der Waals surface area contributed by atoms with E-state index in [-0.39, 0.29) is 0 Å². The van der Waals surface area contributed by atoms with Crippen LogP contribution < -0.4 is 5.32 Å². The van der Waals surface area contributed by atoms with E-state index in [1.54, 1.807) is 0 Å². The molecule has 0 bridgehead atoms. The van der Waals surface area contributed by atoms with Crippen molar-refractivity contribution in [3.05, 3.63) is 11.6 Å². The zero-order valence-corrected chi connectivity index (χ0v) is 13.2. The van der Waals surface area contributed by atoms with Crippen LogP contribution in [-0.2, 0) is 12.8 Å². The molecule has 0 spiro atoms. The van der Waals surface area contributed by atoms with Gasteiger partial charge in [0.15, 0.2) is 5.82 Å². The van der Waals surface area contributed by atoms with Crippen LogP contribution in [0, 0.1) is 5.92 Å². The summed E-state index contributed by atoms with van der Waals surface area (Å²) >= 11 is 0. The maximum Gasteiger partial charge on any atom is 0.150 e. The molecule has 1 unspecified atom stereocenters. The van der Waals surface area contributed by atoms with Gasteiger partial charge in [-0.1, -0.05) is 41.0 Å². The van der Waals surface area contributed by atoms with Gasteiger partial charge in [0.2, 0.25) is 0 Å². The Morgan fingerprint density at radius 2 is 1.84 bits per heavy atom. The smallest absolute Gasteiger partial charge is 0.150 e. The molecule has 0 radical (unpaired) electrons. The van der Waals surface area contributed by atoms with Crippen molar-refractivity contribution >= 4 is 0 Å². The van der Waals surface area contributed by atoms with Gasteiger partial charge in [0.05, 0.1) is 6.04 Å². The van der Waals surface area contributed by atoms with E-state index < -0.39 is 0 Å². The number of aryl methyl sites for hydroxylation is 2. The first-order chi connectivity index (χ1) is 9.12. The molecule has 1 N–H and O–H groups in total. The van der Waals surface area contributed by atoms with E-state index >= 15 is 0 Å². The minimum atomic E-state index is 0.437. The summed E-state index contributed by atoms with van der Waals surface area (Å²) in [5.41, 5.74) is 0. The first-order valence-corrected chi connectivity index (χ1v) is 7.77. The van der Waals surface area contributed by atoms with E-state index in [4.69, 9.17) is 0 Å². The maximum absolute atomic E-state index is 4.68. The second-order valence-electron chi connectivity index (χ2n) is 5.59. The SMILES string of the molecule is CCCC(CNCC(C)C)n1nc(CC)nc1CC. The van der Waals surface area contributed by atoms with Crippen LogP contribution >= 0.6 is 0 Å². The summed E-state index contributed by atoms with van der Waals surface area (Å²) in [6.07, 6.45) is 4.21. The molecule has 0 amide bonds. The van der Waals surface area contributed by atoms with Gasteiger partial charge in [-0.2, -0.15) is 5.10 Å². The van der Waals surface area contributed by atoms with Crippen LogP contribution in [0.15, 0.2) is 0 Å². The molecule has 0 saturated carbocycles. The van der Waals surface area contributed by atoms with Crippen LogP contribution in [0.1, 0.15) is 65.2 Å². The quantitative estimate of drug-likeness (QED) is 0.747. The van der Waals surface area contributed by atoms with Gasteiger partial charge in [-0.25, -0.2) is 9.67 Å². The molecule has 19 heavy (non-hydrogen) atoms. The van der Waals surface area contributed by atoms with E-state index in [0.717, 1.165) is 44.0 Å². The molecular formula is C15H30N4. The van der Waals surface area contributed by atoms with Crippen molar-refractivity contribution in [3.63, 3.8) is 0 Å². The van der Waals surface area contributed by atoms with Crippen molar-refractivity contribution in [3.8, 4) is 0 Å². The normalized spacial score (nSPS) is 13.2. The second kappa shape index (κ2) is 8.31. The molecule has 1 aromatic rings. The average Bonchev–Trinajstić information content (AvgIpc) is 2.80. The Labute approximate surface area is 118 Å². The molecule has 0 aliphatic heterocycles. The molecule has 110 valence electrons. The minimum Gasteiger partial charge on any atom is -0.314 e. The molecule has 4 heteroatoms. The van der Waals surface area contributed by atoms with Gasteiger partial charge >= 0.3 is 0 Å². The van der Waals surface area contributed by atoms with Gasteiger partial charge in [-0.15, -0.1) is 0 Å². The second-order valence-corrected chi connectivity index (χ2v) is 5.59. The third kappa shape index (κ3) is 4.94. The molecule has 1 heterocycles. The van der Waals surface area contributed by atoms with E-state index in [0.29, 0.717) is 12.0 Å². The summed E-state index contributed by atoms with van der Waals surface area (Å²) in [6, 6.07) is 0.437. The van der Waals surface area contributed by atoms with Gasteiger partial charge in [0.25, 0.3) is 0 Å². The molecule has 0 fully saturated rings. The highest BCUT2D eigenvalue weighted by Crippen LogP contribution is 2.15. The summed E-state index contributed by atoms with van der Waals surface area (Å²) < 4.78 is 2.16. The van der Waals surface area contributed by atoms with Crippen molar-refractivity contribution in [2.45, 2.75) is 66.3 Å². The number of hydrogen-bond acceptors (Lipinski definition) is 3. The van der Waals surface area contributed by atoms with Crippen LogP contribution in [-0.4, -0.2) is 27.9 Å². The van der Waals surface area contributed by atoms with Crippen LogP contribution in [0.4, 0.5) is 0 Å². The largest absolute Gasteiger partial charge is 0.314 e. The molecule has 0 aliphatic carbocycles. The zero-order chi connectivity index (χ0) is 14.3. The van der Waals surface area contributed by atoms with Gasteiger partial charge in [0.1, 0.15) is 5.82 Å². The number of aromatic nitrogens is 3. The van der Waals surface area contributed by atoms with E-state index in [1.807, 2.05) is 0 Å². The Kier molecular flexibility index (Phi) is 7.06. The average molecular weight is 266 g/mol. The van der Waals surface area contributed by atoms with Gasteiger partial charge in [0, 0.05) is 19.4 Å². The molecule has 0 saturated heterocycles. The van der Waals surface area contributed by atoms with Crippen LogP contribution in [0.2, 0.25) is 0 Å². The summed E-state index contributed by atoms with van der Waals surface area (Å²) in [5.74, 6) is 2.79. The molecular weight excluding hydrogens is 236 g/mol. The van der Waals surface area contributed by atoms with Crippen LogP contribution in [0.5, 0.6) is 0 Å².